The molecule has 0 unspecified atom stereocenters. The Hall–Kier alpha value is -3.33. The number of ether oxygens (including phenoxy) is 2. The molecule has 0 spiro atoms. The summed E-state index contributed by atoms with van der Waals surface area (Å²) in [6.07, 6.45) is 0.600. The molecule has 2 aromatic rings. The normalized spacial score (nSPS) is 13.4. The van der Waals surface area contributed by atoms with Gasteiger partial charge in [0.05, 0.1) is 14.2 Å². The van der Waals surface area contributed by atoms with Gasteiger partial charge in [-0.1, -0.05) is 13.8 Å². The molecule has 1 fully saturated rings. The van der Waals surface area contributed by atoms with Crippen molar-refractivity contribution in [3.05, 3.63) is 48.0 Å². The molecule has 34 heavy (non-hydrogen) atoms. The molecule has 3 rings (SSSR count). The zero-order valence-electron chi connectivity index (χ0n) is 20.1. The van der Waals surface area contributed by atoms with Crippen LogP contribution in [0.15, 0.2) is 42.5 Å². The second-order valence-corrected chi connectivity index (χ2v) is 8.90. The largest absolute Gasteiger partial charge is 0.493 e. The van der Waals surface area contributed by atoms with E-state index in [1.807, 2.05) is 29.2 Å². The van der Waals surface area contributed by atoms with Crippen molar-refractivity contribution in [1.29, 1.82) is 0 Å². The van der Waals surface area contributed by atoms with Crippen molar-refractivity contribution in [2.45, 2.75) is 20.3 Å². The lowest BCUT2D eigenvalue weighted by Crippen LogP contribution is -2.49. The Morgan fingerprint density at radius 3 is 2.21 bits per heavy atom. The molecule has 0 aliphatic carbocycles. The molecule has 0 bridgehead atoms. The number of nitrogens with one attached hydrogen (secondary N) is 2. The van der Waals surface area contributed by atoms with Crippen LogP contribution in [-0.4, -0.2) is 62.2 Å². The maximum absolute atomic E-state index is 12.5. The SMILES string of the molecule is COc1ccc(C(=O)NC(=S)Nc2ccc(N3CCN(C(=O)CC(C)C)CC3)cc2)cc1OC. The zero-order valence-corrected chi connectivity index (χ0v) is 20.9. The third-order valence-corrected chi connectivity index (χ3v) is 5.78. The molecule has 1 aliphatic rings. The van der Waals surface area contributed by atoms with Crippen LogP contribution in [0, 0.1) is 5.92 Å². The van der Waals surface area contributed by atoms with E-state index in [2.05, 4.69) is 29.4 Å². The molecule has 2 amide bonds. The number of hydrogen-bond donors (Lipinski definition) is 2. The van der Waals surface area contributed by atoms with E-state index in [-0.39, 0.29) is 16.9 Å². The first kappa shape index (κ1) is 25.3. The Kier molecular flexibility index (Phi) is 8.70. The number of anilines is 2. The average molecular weight is 485 g/mol. The molecule has 1 heterocycles. The molecular weight excluding hydrogens is 452 g/mol. The van der Waals surface area contributed by atoms with E-state index < -0.39 is 0 Å². The third kappa shape index (κ3) is 6.60. The number of hydrogen-bond acceptors (Lipinski definition) is 6. The summed E-state index contributed by atoms with van der Waals surface area (Å²) in [7, 11) is 3.05. The minimum Gasteiger partial charge on any atom is -0.493 e. The highest BCUT2D eigenvalue weighted by atomic mass is 32.1. The Bertz CT molecular complexity index is 1020. The van der Waals surface area contributed by atoms with Crippen LogP contribution in [0.3, 0.4) is 0 Å². The summed E-state index contributed by atoms with van der Waals surface area (Å²) < 4.78 is 10.4. The topological polar surface area (TPSA) is 83.1 Å². The van der Waals surface area contributed by atoms with Crippen molar-refractivity contribution in [2.75, 3.05) is 50.6 Å². The van der Waals surface area contributed by atoms with E-state index in [1.165, 1.54) is 14.2 Å². The van der Waals surface area contributed by atoms with Crippen LogP contribution in [-0.2, 0) is 4.79 Å². The van der Waals surface area contributed by atoms with Crippen molar-refractivity contribution in [1.82, 2.24) is 10.2 Å². The summed E-state index contributed by atoms with van der Waals surface area (Å²) in [5.74, 6) is 1.27. The van der Waals surface area contributed by atoms with Crippen molar-refractivity contribution >= 4 is 40.5 Å². The van der Waals surface area contributed by atoms with Gasteiger partial charge in [0.2, 0.25) is 5.91 Å². The van der Waals surface area contributed by atoms with Gasteiger partial charge in [0.25, 0.3) is 5.91 Å². The van der Waals surface area contributed by atoms with E-state index in [0.717, 1.165) is 37.6 Å². The number of rotatable bonds is 7. The number of amides is 2. The lowest BCUT2D eigenvalue weighted by molar-refractivity contribution is -0.132. The fourth-order valence-corrected chi connectivity index (χ4v) is 3.97. The highest BCUT2D eigenvalue weighted by molar-refractivity contribution is 7.80. The molecule has 0 atom stereocenters. The molecule has 2 aromatic carbocycles. The maximum atomic E-state index is 12.5. The van der Waals surface area contributed by atoms with E-state index in [9.17, 15) is 9.59 Å². The zero-order chi connectivity index (χ0) is 24.7. The van der Waals surface area contributed by atoms with Crippen molar-refractivity contribution in [3.63, 3.8) is 0 Å². The van der Waals surface area contributed by atoms with Crippen LogP contribution in [0.4, 0.5) is 11.4 Å². The first-order valence-corrected chi connectivity index (χ1v) is 11.7. The lowest BCUT2D eigenvalue weighted by Gasteiger charge is -2.36. The monoisotopic (exact) mass is 484 g/mol. The number of thiocarbonyl (C=S) groups is 1. The first-order valence-electron chi connectivity index (χ1n) is 11.3. The van der Waals surface area contributed by atoms with Crippen LogP contribution in [0.5, 0.6) is 11.5 Å². The van der Waals surface area contributed by atoms with Crippen molar-refractivity contribution < 1.29 is 19.1 Å². The van der Waals surface area contributed by atoms with Gasteiger partial charge in [-0.3, -0.25) is 14.9 Å². The lowest BCUT2D eigenvalue weighted by atomic mass is 10.1. The molecule has 0 aromatic heterocycles. The van der Waals surface area contributed by atoms with Gasteiger partial charge in [0.1, 0.15) is 0 Å². The highest BCUT2D eigenvalue weighted by Gasteiger charge is 2.21. The van der Waals surface area contributed by atoms with Gasteiger partial charge < -0.3 is 24.6 Å². The molecule has 0 radical (unpaired) electrons. The molecule has 8 nitrogen and oxygen atoms in total. The second kappa shape index (κ2) is 11.7. The van der Waals surface area contributed by atoms with E-state index in [0.29, 0.717) is 29.4 Å². The summed E-state index contributed by atoms with van der Waals surface area (Å²) in [5.41, 5.74) is 2.26. The summed E-state index contributed by atoms with van der Waals surface area (Å²) >= 11 is 5.30. The number of nitrogens with zero attached hydrogens (tertiary/aromatic N) is 2. The Morgan fingerprint density at radius 1 is 0.971 bits per heavy atom. The quantitative estimate of drug-likeness (QED) is 0.582. The van der Waals surface area contributed by atoms with Crippen LogP contribution in [0.1, 0.15) is 30.6 Å². The van der Waals surface area contributed by atoms with Gasteiger partial charge in [-0.15, -0.1) is 0 Å². The standard InChI is InChI=1S/C25H32N4O4S/c1-17(2)15-23(30)29-13-11-28(12-14-29)20-8-6-19(7-9-20)26-25(34)27-24(31)18-5-10-21(32-3)22(16-18)33-4/h5-10,16-17H,11-15H2,1-4H3,(H2,26,27,31,34). The predicted molar refractivity (Wildman–Crippen MR) is 138 cm³/mol. The minimum atomic E-state index is -0.347. The van der Waals surface area contributed by atoms with Crippen LogP contribution < -0.4 is 25.0 Å². The molecular formula is C25H32N4O4S. The number of piperazine rings is 1. The van der Waals surface area contributed by atoms with Crippen molar-refractivity contribution in [2.24, 2.45) is 5.92 Å². The van der Waals surface area contributed by atoms with Crippen molar-refractivity contribution in [3.8, 4) is 11.5 Å². The van der Waals surface area contributed by atoms with Gasteiger partial charge in [0, 0.05) is 49.5 Å². The summed E-state index contributed by atoms with van der Waals surface area (Å²) in [6, 6.07) is 12.8. The molecule has 1 aliphatic heterocycles. The predicted octanol–water partition coefficient (Wildman–Crippen LogP) is 3.53. The number of benzene rings is 2. The molecule has 9 heteroatoms. The average Bonchev–Trinajstić information content (AvgIpc) is 2.83. The van der Waals surface area contributed by atoms with Crippen LogP contribution in [0.2, 0.25) is 0 Å². The number of carbonyl (C=O) groups excluding carboxylic acids is 2. The maximum Gasteiger partial charge on any atom is 0.257 e. The van der Waals surface area contributed by atoms with Gasteiger partial charge >= 0.3 is 0 Å². The van der Waals surface area contributed by atoms with Gasteiger partial charge in [-0.2, -0.15) is 0 Å². The smallest absolute Gasteiger partial charge is 0.257 e. The molecule has 1 saturated heterocycles. The Balaban J connectivity index is 1.51. The second-order valence-electron chi connectivity index (χ2n) is 8.49. The number of methoxy groups -OCH3 is 2. The van der Waals surface area contributed by atoms with E-state index in [1.54, 1.807) is 18.2 Å². The van der Waals surface area contributed by atoms with Gasteiger partial charge in [-0.25, -0.2) is 0 Å². The molecule has 182 valence electrons. The molecule has 2 N–H and O–H groups in total. The van der Waals surface area contributed by atoms with E-state index >= 15 is 0 Å². The van der Waals surface area contributed by atoms with Crippen LogP contribution in [0.25, 0.3) is 0 Å². The summed E-state index contributed by atoms with van der Waals surface area (Å²) in [6.45, 7) is 7.20. The molecule has 0 saturated carbocycles. The third-order valence-electron chi connectivity index (χ3n) is 5.58. The fourth-order valence-electron chi connectivity index (χ4n) is 3.76. The summed E-state index contributed by atoms with van der Waals surface area (Å²) in [5, 5.41) is 5.91. The highest BCUT2D eigenvalue weighted by Crippen LogP contribution is 2.27. The Morgan fingerprint density at radius 2 is 1.62 bits per heavy atom. The first-order chi connectivity index (χ1) is 16.3. The summed E-state index contributed by atoms with van der Waals surface area (Å²) in [4.78, 5) is 29.0. The van der Waals surface area contributed by atoms with Crippen LogP contribution >= 0.6 is 12.2 Å². The van der Waals surface area contributed by atoms with Gasteiger partial charge in [-0.05, 0) is 60.6 Å². The van der Waals surface area contributed by atoms with E-state index in [4.69, 9.17) is 21.7 Å². The fraction of sp³-hybridized carbons (Fsp3) is 0.400. The Labute approximate surface area is 206 Å². The van der Waals surface area contributed by atoms with Gasteiger partial charge in [0.15, 0.2) is 16.6 Å². The number of carbonyl (C=O) groups is 2. The minimum absolute atomic E-state index is 0.199.